The molecule has 8 heteroatoms. The molecule has 2 N–H and O–H groups in total. The van der Waals surface area contributed by atoms with Crippen molar-refractivity contribution in [2.24, 2.45) is 5.92 Å². The van der Waals surface area contributed by atoms with Crippen molar-refractivity contribution < 1.29 is 29.0 Å². The average Bonchev–Trinajstić information content (AvgIpc) is 3.04. The number of aliphatic hydroxyl groups is 1. The van der Waals surface area contributed by atoms with Crippen LogP contribution in [0.25, 0.3) is 0 Å². The lowest BCUT2D eigenvalue weighted by atomic mass is 9.86. The number of esters is 2. The molecule has 1 aliphatic heterocycles. The number of anilines is 1. The number of ether oxygens (including phenoxy) is 2. The fourth-order valence-corrected chi connectivity index (χ4v) is 5.70. The van der Waals surface area contributed by atoms with Crippen molar-refractivity contribution >= 4 is 23.5 Å². The maximum Gasteiger partial charge on any atom is 0.347 e. The first-order valence-corrected chi connectivity index (χ1v) is 16.4. The Morgan fingerprint density at radius 1 is 0.826 bits per heavy atom. The van der Waals surface area contributed by atoms with Crippen LogP contribution in [0.4, 0.5) is 5.69 Å². The Hall–Kier alpha value is -4.01. The number of nitrogens with one attached hydrogen (secondary N) is 1. The summed E-state index contributed by atoms with van der Waals surface area (Å²) in [5, 5.41) is 14.9. The van der Waals surface area contributed by atoms with Gasteiger partial charge >= 0.3 is 11.9 Å². The van der Waals surface area contributed by atoms with Crippen LogP contribution >= 0.6 is 0 Å². The van der Waals surface area contributed by atoms with Crippen LogP contribution in [0, 0.1) is 5.92 Å². The van der Waals surface area contributed by atoms with E-state index in [1.165, 1.54) is 5.56 Å². The van der Waals surface area contributed by atoms with Crippen molar-refractivity contribution in [2.45, 2.75) is 83.5 Å². The second kappa shape index (κ2) is 16.5. The molecule has 0 aromatic heterocycles. The number of hydrogen-bond acceptors (Lipinski definition) is 7. The maximum absolute atomic E-state index is 13.7. The van der Waals surface area contributed by atoms with Gasteiger partial charge < -0.3 is 19.9 Å². The van der Waals surface area contributed by atoms with Crippen molar-refractivity contribution in [3.8, 4) is 0 Å². The number of unbranched alkanes of at least 4 members (excludes halogenated alkanes) is 2. The van der Waals surface area contributed by atoms with Gasteiger partial charge in [-0.15, -0.1) is 0 Å². The number of likely N-dealkylation sites (tertiary alicyclic amines) is 1. The highest BCUT2D eigenvalue weighted by atomic mass is 16.6. The standard InChI is InChI=1S/C38H48N2O6/c1-37(2,3)46-35(42)21-12-6-11-20-34(41)39-33-19-13-18-32(26-33)38(44,31-16-9-5-10-17-31)36(43)45-28-30-22-24-40(25-23-30)27-29-14-7-4-8-15-29/h4-5,7-10,13-19,26,30,44H,6,11-12,20-25,27-28H2,1-3H3,(H,39,41). The minimum atomic E-state index is -2.04. The van der Waals surface area contributed by atoms with Gasteiger partial charge in [0.15, 0.2) is 0 Å². The third kappa shape index (κ3) is 10.5. The van der Waals surface area contributed by atoms with Crippen LogP contribution in [-0.4, -0.2) is 53.1 Å². The van der Waals surface area contributed by atoms with Crippen LogP contribution in [0.5, 0.6) is 0 Å². The number of carbonyl (C=O) groups excluding carboxylic acids is 3. The molecule has 246 valence electrons. The van der Waals surface area contributed by atoms with Crippen molar-refractivity contribution in [3.63, 3.8) is 0 Å². The zero-order chi connectivity index (χ0) is 33.0. The van der Waals surface area contributed by atoms with E-state index in [4.69, 9.17) is 9.47 Å². The molecule has 0 aliphatic carbocycles. The topological polar surface area (TPSA) is 105 Å². The number of hydrogen-bond donors (Lipinski definition) is 2. The second-order valence-electron chi connectivity index (χ2n) is 13.2. The normalized spacial score (nSPS) is 15.5. The fraction of sp³-hybridized carbons (Fsp3) is 0.447. The maximum atomic E-state index is 13.7. The molecule has 8 nitrogen and oxygen atoms in total. The smallest absolute Gasteiger partial charge is 0.347 e. The molecule has 0 radical (unpaired) electrons. The lowest BCUT2D eigenvalue weighted by molar-refractivity contribution is -0.164. The highest BCUT2D eigenvalue weighted by molar-refractivity contribution is 5.91. The molecular weight excluding hydrogens is 580 g/mol. The van der Waals surface area contributed by atoms with Crippen molar-refractivity contribution in [1.82, 2.24) is 4.90 Å². The summed E-state index contributed by atoms with van der Waals surface area (Å²) < 4.78 is 11.1. The summed E-state index contributed by atoms with van der Waals surface area (Å²) in [5.41, 5.74) is -0.0752. The van der Waals surface area contributed by atoms with E-state index in [-0.39, 0.29) is 30.8 Å². The SMILES string of the molecule is CC(C)(C)OC(=O)CCCCCC(=O)Nc1cccc(C(O)(C(=O)OCC2CCN(Cc3ccccc3)CC2)c2ccccc2)c1. The van der Waals surface area contributed by atoms with Gasteiger partial charge in [0.05, 0.1) is 6.61 Å². The molecule has 46 heavy (non-hydrogen) atoms. The van der Waals surface area contributed by atoms with Crippen LogP contribution < -0.4 is 5.32 Å². The fourth-order valence-electron chi connectivity index (χ4n) is 5.70. The predicted octanol–water partition coefficient (Wildman–Crippen LogP) is 6.61. The molecule has 1 fully saturated rings. The average molecular weight is 629 g/mol. The highest BCUT2D eigenvalue weighted by Crippen LogP contribution is 2.33. The monoisotopic (exact) mass is 628 g/mol. The Balaban J connectivity index is 1.32. The Labute approximate surface area is 273 Å². The van der Waals surface area contributed by atoms with Gasteiger partial charge in [0.2, 0.25) is 11.5 Å². The van der Waals surface area contributed by atoms with Gasteiger partial charge in [-0.3, -0.25) is 14.5 Å². The molecule has 1 heterocycles. The summed E-state index contributed by atoms with van der Waals surface area (Å²) in [6.07, 6.45) is 4.42. The van der Waals surface area contributed by atoms with Crippen molar-refractivity contribution in [3.05, 3.63) is 102 Å². The molecule has 0 saturated carbocycles. The molecule has 0 spiro atoms. The molecular formula is C38H48N2O6. The summed E-state index contributed by atoms with van der Waals surface area (Å²) in [4.78, 5) is 40.7. The number of amides is 1. The highest BCUT2D eigenvalue weighted by Gasteiger charge is 2.42. The number of nitrogens with zero attached hydrogens (tertiary/aromatic N) is 1. The van der Waals surface area contributed by atoms with E-state index in [0.717, 1.165) is 38.9 Å². The molecule has 1 amide bonds. The molecule has 1 aliphatic rings. The Morgan fingerprint density at radius 2 is 1.46 bits per heavy atom. The van der Waals surface area contributed by atoms with Crippen LogP contribution in [0.3, 0.4) is 0 Å². The van der Waals surface area contributed by atoms with Gasteiger partial charge in [-0.2, -0.15) is 0 Å². The third-order valence-electron chi connectivity index (χ3n) is 8.16. The van der Waals surface area contributed by atoms with Gasteiger partial charge in [0, 0.05) is 30.6 Å². The zero-order valence-corrected chi connectivity index (χ0v) is 27.4. The molecule has 4 rings (SSSR count). The minimum absolute atomic E-state index is 0.182. The predicted molar refractivity (Wildman–Crippen MR) is 179 cm³/mol. The number of piperidine rings is 1. The first kappa shape index (κ1) is 34.9. The van der Waals surface area contributed by atoms with E-state index in [2.05, 4.69) is 34.5 Å². The first-order valence-electron chi connectivity index (χ1n) is 16.4. The Kier molecular flexibility index (Phi) is 12.5. The molecule has 3 aromatic carbocycles. The molecule has 1 unspecified atom stereocenters. The lowest BCUT2D eigenvalue weighted by Gasteiger charge is -2.33. The largest absolute Gasteiger partial charge is 0.463 e. The molecule has 3 aromatic rings. The van der Waals surface area contributed by atoms with Crippen molar-refractivity contribution in [1.29, 1.82) is 0 Å². The third-order valence-corrected chi connectivity index (χ3v) is 8.16. The minimum Gasteiger partial charge on any atom is -0.463 e. The van der Waals surface area contributed by atoms with E-state index < -0.39 is 17.2 Å². The van der Waals surface area contributed by atoms with E-state index in [9.17, 15) is 19.5 Å². The quantitative estimate of drug-likeness (QED) is 0.153. The molecule has 0 bridgehead atoms. The van der Waals surface area contributed by atoms with E-state index in [1.807, 2.05) is 32.9 Å². The summed E-state index contributed by atoms with van der Waals surface area (Å²) >= 11 is 0. The van der Waals surface area contributed by atoms with Crippen LogP contribution in [-0.2, 0) is 36.0 Å². The summed E-state index contributed by atoms with van der Waals surface area (Å²) in [6.45, 7) is 8.50. The molecule has 1 saturated heterocycles. The van der Waals surface area contributed by atoms with Crippen LogP contribution in [0.15, 0.2) is 84.9 Å². The Bertz CT molecular complexity index is 1410. The van der Waals surface area contributed by atoms with E-state index in [0.29, 0.717) is 36.1 Å². The van der Waals surface area contributed by atoms with Gasteiger partial charge in [0.1, 0.15) is 5.60 Å². The van der Waals surface area contributed by atoms with Gasteiger partial charge in [0.25, 0.3) is 0 Å². The molecule has 1 atom stereocenters. The van der Waals surface area contributed by atoms with Gasteiger partial charge in [-0.25, -0.2) is 4.79 Å². The van der Waals surface area contributed by atoms with Gasteiger partial charge in [-0.1, -0.05) is 79.2 Å². The van der Waals surface area contributed by atoms with Gasteiger partial charge in [-0.05, 0) is 88.7 Å². The summed E-state index contributed by atoms with van der Waals surface area (Å²) in [7, 11) is 0. The van der Waals surface area contributed by atoms with E-state index in [1.54, 1.807) is 48.5 Å². The zero-order valence-electron chi connectivity index (χ0n) is 27.4. The second-order valence-corrected chi connectivity index (χ2v) is 13.2. The number of rotatable bonds is 14. The first-order chi connectivity index (χ1) is 22.0. The summed E-state index contributed by atoms with van der Waals surface area (Å²) in [6, 6.07) is 25.9. The number of carbonyl (C=O) groups is 3. The number of benzene rings is 3. The van der Waals surface area contributed by atoms with Crippen LogP contribution in [0.1, 0.15) is 82.4 Å². The van der Waals surface area contributed by atoms with Crippen molar-refractivity contribution in [2.75, 3.05) is 25.0 Å². The Morgan fingerprint density at radius 3 is 2.13 bits per heavy atom. The van der Waals surface area contributed by atoms with Crippen LogP contribution in [0.2, 0.25) is 0 Å². The lowest BCUT2D eigenvalue weighted by Crippen LogP contribution is -2.40. The summed E-state index contributed by atoms with van der Waals surface area (Å²) in [5.74, 6) is -0.939. The van der Waals surface area contributed by atoms with E-state index >= 15 is 0 Å².